The minimum absolute atomic E-state index is 0.0136. The number of aliphatic hydroxyl groups excluding tert-OH is 2. The largest absolute Gasteiger partial charge is 0.392 e. The van der Waals surface area contributed by atoms with Crippen LogP contribution in [0, 0.1) is 5.41 Å². The topological polar surface area (TPSA) is 60.7 Å². The molecule has 0 amide bonds. The highest BCUT2D eigenvalue weighted by Crippen LogP contribution is 2.45. The molecule has 3 nitrogen and oxygen atoms in total. The zero-order chi connectivity index (χ0) is 14.0. The average Bonchev–Trinajstić information content (AvgIpc) is 2.25. The van der Waals surface area contributed by atoms with Crippen molar-refractivity contribution in [1.29, 1.82) is 0 Å². The van der Waals surface area contributed by atoms with Crippen molar-refractivity contribution in [3.8, 4) is 0 Å². The van der Waals surface area contributed by atoms with Crippen LogP contribution in [0.15, 0.2) is 35.5 Å². The second kappa shape index (κ2) is 5.39. The van der Waals surface area contributed by atoms with Gasteiger partial charge in [0.15, 0.2) is 0 Å². The van der Waals surface area contributed by atoms with E-state index >= 15 is 0 Å². The van der Waals surface area contributed by atoms with Crippen LogP contribution in [-0.4, -0.2) is 33.6 Å². The summed E-state index contributed by atoms with van der Waals surface area (Å²) in [6.07, 6.45) is 7.02. The van der Waals surface area contributed by atoms with Crippen LogP contribution in [0.1, 0.15) is 34.1 Å². The Morgan fingerprint density at radius 3 is 2.61 bits per heavy atom. The monoisotopic (exact) mass is 252 g/mol. The van der Waals surface area contributed by atoms with E-state index in [0.29, 0.717) is 6.42 Å². The van der Waals surface area contributed by atoms with Crippen molar-refractivity contribution in [2.75, 3.05) is 6.61 Å². The summed E-state index contributed by atoms with van der Waals surface area (Å²) >= 11 is 0. The van der Waals surface area contributed by atoms with E-state index in [-0.39, 0.29) is 6.61 Å². The Balaban J connectivity index is 3.06. The highest BCUT2D eigenvalue weighted by Gasteiger charge is 2.46. The van der Waals surface area contributed by atoms with E-state index in [9.17, 15) is 10.2 Å². The molecule has 0 heterocycles. The highest BCUT2D eigenvalue weighted by molar-refractivity contribution is 5.33. The Labute approximate surface area is 109 Å². The van der Waals surface area contributed by atoms with Gasteiger partial charge in [0, 0.05) is 5.41 Å². The molecule has 0 bridgehead atoms. The van der Waals surface area contributed by atoms with Crippen LogP contribution in [0.5, 0.6) is 0 Å². The van der Waals surface area contributed by atoms with Crippen LogP contribution in [0.4, 0.5) is 0 Å². The smallest absolute Gasteiger partial charge is 0.109 e. The first-order valence-corrected chi connectivity index (χ1v) is 6.28. The van der Waals surface area contributed by atoms with Gasteiger partial charge in [-0.2, -0.15) is 0 Å². The SMILES string of the molecule is CC1=CC(O)CC(C)(C)C1(O)/C=C/C=C(\C)CO. The van der Waals surface area contributed by atoms with Gasteiger partial charge >= 0.3 is 0 Å². The van der Waals surface area contributed by atoms with Gasteiger partial charge in [0.2, 0.25) is 0 Å². The molecule has 0 radical (unpaired) electrons. The fraction of sp³-hybridized carbons (Fsp3) is 0.600. The lowest BCUT2D eigenvalue weighted by Crippen LogP contribution is -2.48. The van der Waals surface area contributed by atoms with E-state index < -0.39 is 17.1 Å². The lowest BCUT2D eigenvalue weighted by Gasteiger charge is -2.46. The predicted octanol–water partition coefficient (Wildman–Crippen LogP) is 1.95. The maximum absolute atomic E-state index is 10.8. The molecule has 3 N–H and O–H groups in total. The summed E-state index contributed by atoms with van der Waals surface area (Å²) in [6.45, 7) is 7.56. The van der Waals surface area contributed by atoms with Crippen molar-refractivity contribution >= 4 is 0 Å². The van der Waals surface area contributed by atoms with Gasteiger partial charge in [-0.3, -0.25) is 0 Å². The summed E-state index contributed by atoms with van der Waals surface area (Å²) in [5.41, 5.74) is 0.115. The summed E-state index contributed by atoms with van der Waals surface area (Å²) < 4.78 is 0. The first-order valence-electron chi connectivity index (χ1n) is 6.28. The molecule has 0 aliphatic heterocycles. The minimum Gasteiger partial charge on any atom is -0.392 e. The van der Waals surface area contributed by atoms with Crippen molar-refractivity contribution in [1.82, 2.24) is 0 Å². The lowest BCUT2D eigenvalue weighted by molar-refractivity contribution is -0.0292. The molecule has 0 saturated heterocycles. The Bertz CT molecular complexity index is 391. The fourth-order valence-electron chi connectivity index (χ4n) is 2.45. The van der Waals surface area contributed by atoms with Gasteiger partial charge in [0.05, 0.1) is 12.7 Å². The van der Waals surface area contributed by atoms with Gasteiger partial charge in [-0.05, 0) is 37.5 Å². The van der Waals surface area contributed by atoms with Gasteiger partial charge in [-0.1, -0.05) is 32.1 Å². The minimum atomic E-state index is -1.06. The summed E-state index contributed by atoms with van der Waals surface area (Å²) in [7, 11) is 0. The van der Waals surface area contributed by atoms with Crippen molar-refractivity contribution < 1.29 is 15.3 Å². The van der Waals surface area contributed by atoms with Gasteiger partial charge < -0.3 is 15.3 Å². The van der Waals surface area contributed by atoms with Crippen molar-refractivity contribution in [2.45, 2.75) is 45.8 Å². The molecule has 1 aliphatic carbocycles. The molecule has 1 aliphatic rings. The number of rotatable bonds is 3. The highest BCUT2D eigenvalue weighted by atomic mass is 16.3. The Morgan fingerprint density at radius 1 is 1.50 bits per heavy atom. The standard InChI is InChI=1S/C15H24O3/c1-11(10-16)6-5-7-15(18)12(2)8-13(17)9-14(15,3)4/h5-8,13,16-18H,9-10H2,1-4H3/b7-5+,11-6+. The molecule has 0 aromatic heterocycles. The molecule has 3 heteroatoms. The summed E-state index contributed by atoms with van der Waals surface area (Å²) in [4.78, 5) is 0. The van der Waals surface area contributed by atoms with Crippen LogP contribution >= 0.6 is 0 Å². The maximum Gasteiger partial charge on any atom is 0.109 e. The number of aliphatic hydroxyl groups is 3. The third-order valence-electron chi connectivity index (χ3n) is 3.76. The third kappa shape index (κ3) is 2.91. The second-order valence-corrected chi connectivity index (χ2v) is 5.80. The van der Waals surface area contributed by atoms with E-state index in [0.717, 1.165) is 11.1 Å². The van der Waals surface area contributed by atoms with Crippen LogP contribution in [0.2, 0.25) is 0 Å². The average molecular weight is 252 g/mol. The first-order chi connectivity index (χ1) is 8.23. The molecule has 0 saturated carbocycles. The molecular weight excluding hydrogens is 228 g/mol. The van der Waals surface area contributed by atoms with Crippen LogP contribution in [0.3, 0.4) is 0 Å². The van der Waals surface area contributed by atoms with Crippen molar-refractivity contribution in [3.63, 3.8) is 0 Å². The fourth-order valence-corrected chi connectivity index (χ4v) is 2.45. The molecule has 18 heavy (non-hydrogen) atoms. The normalized spacial score (nSPS) is 32.7. The van der Waals surface area contributed by atoms with Gasteiger partial charge in [0.25, 0.3) is 0 Å². The van der Waals surface area contributed by atoms with E-state index in [1.807, 2.05) is 27.7 Å². The Morgan fingerprint density at radius 2 is 2.11 bits per heavy atom. The summed E-state index contributed by atoms with van der Waals surface area (Å²) in [5.74, 6) is 0. The Kier molecular flexibility index (Phi) is 4.54. The van der Waals surface area contributed by atoms with E-state index in [4.69, 9.17) is 5.11 Å². The zero-order valence-corrected chi connectivity index (χ0v) is 11.6. The summed E-state index contributed by atoms with van der Waals surface area (Å²) in [5, 5.41) is 29.5. The quantitative estimate of drug-likeness (QED) is 0.531. The first kappa shape index (κ1) is 15.2. The molecule has 1 rings (SSSR count). The molecule has 0 aromatic rings. The van der Waals surface area contributed by atoms with E-state index in [1.54, 1.807) is 24.3 Å². The van der Waals surface area contributed by atoms with Crippen LogP contribution in [-0.2, 0) is 0 Å². The number of allylic oxidation sites excluding steroid dienone is 2. The maximum atomic E-state index is 10.8. The van der Waals surface area contributed by atoms with Gasteiger partial charge in [0.1, 0.15) is 5.60 Å². The van der Waals surface area contributed by atoms with Crippen molar-refractivity contribution in [3.05, 3.63) is 35.5 Å². The zero-order valence-electron chi connectivity index (χ0n) is 11.6. The van der Waals surface area contributed by atoms with Crippen molar-refractivity contribution in [2.24, 2.45) is 5.41 Å². The molecular formula is C15H24O3. The molecule has 0 fully saturated rings. The molecule has 0 aromatic carbocycles. The lowest BCUT2D eigenvalue weighted by atomic mass is 9.64. The van der Waals surface area contributed by atoms with Crippen LogP contribution in [0.25, 0.3) is 0 Å². The predicted molar refractivity (Wildman–Crippen MR) is 73.1 cm³/mol. The van der Waals surface area contributed by atoms with Gasteiger partial charge in [-0.25, -0.2) is 0 Å². The Hall–Kier alpha value is -0.900. The molecule has 0 spiro atoms. The number of hydrogen-bond donors (Lipinski definition) is 3. The molecule has 2 unspecified atom stereocenters. The van der Waals surface area contributed by atoms with Crippen LogP contribution < -0.4 is 0 Å². The third-order valence-corrected chi connectivity index (χ3v) is 3.76. The molecule has 102 valence electrons. The van der Waals surface area contributed by atoms with E-state index in [2.05, 4.69) is 0 Å². The number of hydrogen-bond acceptors (Lipinski definition) is 3. The van der Waals surface area contributed by atoms with E-state index in [1.165, 1.54) is 0 Å². The molecule has 2 atom stereocenters. The second-order valence-electron chi connectivity index (χ2n) is 5.80. The van der Waals surface area contributed by atoms with Gasteiger partial charge in [-0.15, -0.1) is 0 Å². The summed E-state index contributed by atoms with van der Waals surface area (Å²) in [6, 6.07) is 0.